The quantitative estimate of drug-likeness (QED) is 0.161. The number of hydrogen-bond acceptors (Lipinski definition) is 7. The number of carbonyl (C=O) groups excluding carboxylic acids is 2. The van der Waals surface area contributed by atoms with Crippen LogP contribution in [0.4, 0.5) is 10.5 Å². The number of hydrogen-bond donors (Lipinski definition) is 0. The number of methoxy groups -OCH3 is 1. The number of thioether (sulfide) groups is 1. The fraction of sp³-hybridized carbons (Fsp3) is 0.120. The molecule has 1 heterocycles. The van der Waals surface area contributed by atoms with Crippen LogP contribution in [0.2, 0.25) is 5.02 Å². The first-order valence-electron chi connectivity index (χ1n) is 10.5. The number of nitro groups is 1. The molecule has 1 saturated heterocycles. The Morgan fingerprint density at radius 3 is 2.39 bits per heavy atom. The molecule has 0 saturated carbocycles. The molecular formula is C25H18BrClN2O6S. The van der Waals surface area contributed by atoms with Crippen LogP contribution >= 0.6 is 39.3 Å². The van der Waals surface area contributed by atoms with E-state index in [2.05, 4.69) is 15.9 Å². The maximum absolute atomic E-state index is 12.9. The van der Waals surface area contributed by atoms with Crippen molar-refractivity contribution in [2.24, 2.45) is 0 Å². The molecule has 3 aromatic carbocycles. The molecule has 11 heteroatoms. The number of carbonyl (C=O) groups is 2. The van der Waals surface area contributed by atoms with Crippen LogP contribution in [0.25, 0.3) is 6.08 Å². The van der Waals surface area contributed by atoms with Crippen molar-refractivity contribution in [2.45, 2.75) is 13.2 Å². The van der Waals surface area contributed by atoms with E-state index in [4.69, 9.17) is 21.1 Å². The molecule has 0 spiro atoms. The number of imide groups is 1. The summed E-state index contributed by atoms with van der Waals surface area (Å²) in [5.41, 5.74) is 2.09. The van der Waals surface area contributed by atoms with Crippen molar-refractivity contribution in [3.05, 3.63) is 102 Å². The third-order valence-electron chi connectivity index (χ3n) is 5.21. The van der Waals surface area contributed by atoms with E-state index in [1.165, 1.54) is 24.1 Å². The Bertz CT molecular complexity index is 1360. The maximum Gasteiger partial charge on any atom is 0.293 e. The normalized spacial score (nSPS) is 14.4. The zero-order valence-electron chi connectivity index (χ0n) is 18.8. The number of halogens is 2. The lowest BCUT2D eigenvalue weighted by molar-refractivity contribution is -0.384. The van der Waals surface area contributed by atoms with E-state index < -0.39 is 4.92 Å². The van der Waals surface area contributed by atoms with Crippen LogP contribution in [0.3, 0.4) is 0 Å². The second-order valence-electron chi connectivity index (χ2n) is 7.64. The summed E-state index contributed by atoms with van der Waals surface area (Å²) in [4.78, 5) is 37.2. The number of benzene rings is 3. The summed E-state index contributed by atoms with van der Waals surface area (Å²) in [5.74, 6) is 0.240. The number of non-ortho nitro benzene ring substituents is 1. The van der Waals surface area contributed by atoms with Gasteiger partial charge in [-0.05, 0) is 70.9 Å². The Morgan fingerprint density at radius 2 is 1.75 bits per heavy atom. The summed E-state index contributed by atoms with van der Waals surface area (Å²) >= 11 is 10.7. The van der Waals surface area contributed by atoms with Crippen molar-refractivity contribution < 1.29 is 24.0 Å². The van der Waals surface area contributed by atoms with Crippen LogP contribution in [0.15, 0.2) is 70.0 Å². The van der Waals surface area contributed by atoms with Crippen molar-refractivity contribution >= 4 is 62.2 Å². The Labute approximate surface area is 224 Å². The van der Waals surface area contributed by atoms with Gasteiger partial charge in [0.2, 0.25) is 0 Å². The topological polar surface area (TPSA) is 99.0 Å². The summed E-state index contributed by atoms with van der Waals surface area (Å²) < 4.78 is 12.2. The molecule has 3 aromatic rings. The molecule has 1 aliphatic heterocycles. The van der Waals surface area contributed by atoms with Gasteiger partial charge in [-0.1, -0.05) is 39.7 Å². The van der Waals surface area contributed by atoms with E-state index in [9.17, 15) is 19.7 Å². The largest absolute Gasteiger partial charge is 0.493 e. The third-order valence-corrected chi connectivity index (χ3v) is 6.92. The molecular weight excluding hydrogens is 572 g/mol. The SMILES string of the molecule is COc1cc(/C=C2\SC(=O)N(Cc3ccc(Br)cc3)C2=O)cc(Cl)c1OCc1ccc([N+](=O)[O-])cc1. The van der Waals surface area contributed by atoms with E-state index >= 15 is 0 Å². The van der Waals surface area contributed by atoms with E-state index in [0.29, 0.717) is 16.9 Å². The van der Waals surface area contributed by atoms with Gasteiger partial charge in [0.15, 0.2) is 11.5 Å². The van der Waals surface area contributed by atoms with Crippen molar-refractivity contribution in [2.75, 3.05) is 7.11 Å². The molecule has 36 heavy (non-hydrogen) atoms. The summed E-state index contributed by atoms with van der Waals surface area (Å²) in [6.45, 7) is 0.289. The van der Waals surface area contributed by atoms with E-state index in [1.807, 2.05) is 24.3 Å². The van der Waals surface area contributed by atoms with Crippen molar-refractivity contribution in [3.8, 4) is 11.5 Å². The molecule has 1 aliphatic rings. The molecule has 0 bridgehead atoms. The molecule has 1 fully saturated rings. The van der Waals surface area contributed by atoms with Gasteiger partial charge in [-0.2, -0.15) is 0 Å². The first kappa shape index (κ1) is 25.7. The standard InChI is InChI=1S/C25H18BrClN2O6S/c1-34-21-11-17(10-20(27)23(21)35-14-16-4-8-19(9-5-16)29(32)33)12-22-24(30)28(25(31)36-22)13-15-2-6-18(26)7-3-15/h2-12H,13-14H2,1H3/b22-12-. The number of nitro benzene ring substituents is 1. The van der Waals surface area contributed by atoms with Crippen molar-refractivity contribution in [3.63, 3.8) is 0 Å². The van der Waals surface area contributed by atoms with Gasteiger partial charge in [-0.25, -0.2) is 0 Å². The minimum absolute atomic E-state index is 0.0139. The lowest BCUT2D eigenvalue weighted by Crippen LogP contribution is -2.27. The van der Waals surface area contributed by atoms with Crippen LogP contribution < -0.4 is 9.47 Å². The molecule has 0 atom stereocenters. The van der Waals surface area contributed by atoms with Gasteiger partial charge in [-0.3, -0.25) is 24.6 Å². The third kappa shape index (κ3) is 5.89. The molecule has 0 N–H and O–H groups in total. The molecule has 8 nitrogen and oxygen atoms in total. The molecule has 0 unspecified atom stereocenters. The predicted octanol–water partition coefficient (Wildman–Crippen LogP) is 6.83. The number of amides is 2. The fourth-order valence-corrected chi connectivity index (χ4v) is 4.77. The number of ether oxygens (including phenoxy) is 2. The molecule has 2 amide bonds. The second-order valence-corrected chi connectivity index (χ2v) is 9.96. The average Bonchev–Trinajstić information content (AvgIpc) is 3.11. The lowest BCUT2D eigenvalue weighted by Gasteiger charge is -2.14. The number of rotatable bonds is 8. The van der Waals surface area contributed by atoms with E-state index in [-0.39, 0.29) is 45.7 Å². The Kier molecular flexibility index (Phi) is 7.97. The highest BCUT2D eigenvalue weighted by Crippen LogP contribution is 2.39. The molecule has 4 rings (SSSR count). The van der Waals surface area contributed by atoms with Crippen LogP contribution in [0.1, 0.15) is 16.7 Å². The zero-order valence-corrected chi connectivity index (χ0v) is 21.9. The fourth-order valence-electron chi connectivity index (χ4n) is 3.39. The van der Waals surface area contributed by atoms with Crippen LogP contribution in [-0.4, -0.2) is 28.1 Å². The molecule has 0 aliphatic carbocycles. The Hall–Kier alpha value is -3.34. The first-order valence-corrected chi connectivity index (χ1v) is 12.5. The molecule has 0 aromatic heterocycles. The van der Waals surface area contributed by atoms with Crippen molar-refractivity contribution in [1.82, 2.24) is 4.90 Å². The Morgan fingerprint density at radius 1 is 1.08 bits per heavy atom. The second kappa shape index (κ2) is 11.2. The average molecular weight is 590 g/mol. The minimum atomic E-state index is -0.473. The first-order chi connectivity index (χ1) is 17.2. The van der Waals surface area contributed by atoms with Gasteiger partial charge in [0, 0.05) is 16.6 Å². The highest BCUT2D eigenvalue weighted by Gasteiger charge is 2.35. The Balaban J connectivity index is 1.50. The van der Waals surface area contributed by atoms with Gasteiger partial charge in [0.1, 0.15) is 6.61 Å². The zero-order chi connectivity index (χ0) is 25.8. The maximum atomic E-state index is 12.9. The van der Waals surface area contributed by atoms with Crippen LogP contribution in [-0.2, 0) is 17.9 Å². The van der Waals surface area contributed by atoms with E-state index in [0.717, 1.165) is 21.8 Å². The van der Waals surface area contributed by atoms with Crippen LogP contribution in [0, 0.1) is 10.1 Å². The smallest absolute Gasteiger partial charge is 0.293 e. The highest BCUT2D eigenvalue weighted by molar-refractivity contribution is 9.10. The predicted molar refractivity (Wildman–Crippen MR) is 141 cm³/mol. The van der Waals surface area contributed by atoms with Gasteiger partial charge >= 0.3 is 0 Å². The van der Waals surface area contributed by atoms with Crippen LogP contribution in [0.5, 0.6) is 11.5 Å². The molecule has 0 radical (unpaired) electrons. The summed E-state index contributed by atoms with van der Waals surface area (Å²) in [6, 6.07) is 16.6. The highest BCUT2D eigenvalue weighted by atomic mass is 79.9. The van der Waals surface area contributed by atoms with Gasteiger partial charge in [0.05, 0.1) is 28.5 Å². The van der Waals surface area contributed by atoms with E-state index in [1.54, 1.807) is 30.3 Å². The summed E-state index contributed by atoms with van der Waals surface area (Å²) in [5, 5.41) is 10.7. The lowest BCUT2D eigenvalue weighted by atomic mass is 10.1. The summed E-state index contributed by atoms with van der Waals surface area (Å²) in [6.07, 6.45) is 1.58. The van der Waals surface area contributed by atoms with Gasteiger partial charge < -0.3 is 9.47 Å². The van der Waals surface area contributed by atoms with Gasteiger partial charge in [-0.15, -0.1) is 0 Å². The molecule has 184 valence electrons. The van der Waals surface area contributed by atoms with Crippen molar-refractivity contribution in [1.29, 1.82) is 0 Å². The monoisotopic (exact) mass is 588 g/mol. The number of nitrogens with zero attached hydrogens (tertiary/aromatic N) is 2. The van der Waals surface area contributed by atoms with Gasteiger partial charge in [0.25, 0.3) is 16.8 Å². The minimum Gasteiger partial charge on any atom is -0.493 e. The summed E-state index contributed by atoms with van der Waals surface area (Å²) in [7, 11) is 1.46.